The van der Waals surface area contributed by atoms with Crippen LogP contribution in [0.15, 0.2) is 18.2 Å². The molecule has 0 bridgehead atoms. The van der Waals surface area contributed by atoms with Gasteiger partial charge < -0.3 is 15.6 Å². The van der Waals surface area contributed by atoms with Crippen molar-refractivity contribution in [3.05, 3.63) is 29.3 Å². The number of methoxy groups -OCH3 is 1. The number of hydrogen-bond acceptors (Lipinski definition) is 3. The van der Waals surface area contributed by atoms with E-state index in [1.165, 1.54) is 11.1 Å². The highest BCUT2D eigenvalue weighted by Gasteiger charge is 2.46. The maximum absolute atomic E-state index is 9.53. The predicted molar refractivity (Wildman–Crippen MR) is 63.7 cm³/mol. The van der Waals surface area contributed by atoms with Gasteiger partial charge in [-0.25, -0.2) is 0 Å². The quantitative estimate of drug-likeness (QED) is 0.810. The zero-order chi connectivity index (χ0) is 11.8. The van der Waals surface area contributed by atoms with Gasteiger partial charge in [0.25, 0.3) is 0 Å². The molecule has 0 radical (unpaired) electrons. The Labute approximate surface area is 96.2 Å². The van der Waals surface area contributed by atoms with Gasteiger partial charge in [0.1, 0.15) is 5.75 Å². The number of nitrogens with two attached hydrogens (primary N) is 1. The van der Waals surface area contributed by atoms with Crippen LogP contribution >= 0.6 is 0 Å². The lowest BCUT2D eigenvalue weighted by molar-refractivity contribution is 0.0208. The summed E-state index contributed by atoms with van der Waals surface area (Å²) in [6.45, 7) is 2.63. The Morgan fingerprint density at radius 3 is 2.69 bits per heavy atom. The molecule has 1 fully saturated rings. The molecule has 2 rings (SSSR count). The second-order valence-corrected chi connectivity index (χ2v) is 4.70. The molecule has 1 aromatic rings. The van der Waals surface area contributed by atoms with E-state index in [-0.39, 0.29) is 11.5 Å². The van der Waals surface area contributed by atoms with E-state index in [2.05, 4.69) is 13.0 Å². The molecule has 0 unspecified atom stereocenters. The van der Waals surface area contributed by atoms with E-state index in [9.17, 15) is 5.11 Å². The molecular weight excluding hydrogens is 202 g/mol. The lowest BCUT2D eigenvalue weighted by atomic mass is 9.61. The van der Waals surface area contributed by atoms with Gasteiger partial charge in [-0.15, -0.1) is 0 Å². The number of benzene rings is 1. The molecule has 1 aromatic carbocycles. The third-order valence-corrected chi connectivity index (χ3v) is 3.63. The molecule has 0 heterocycles. The van der Waals surface area contributed by atoms with Gasteiger partial charge >= 0.3 is 0 Å². The molecule has 0 spiro atoms. The van der Waals surface area contributed by atoms with Crippen molar-refractivity contribution >= 4 is 0 Å². The van der Waals surface area contributed by atoms with Gasteiger partial charge in [-0.1, -0.05) is 12.1 Å². The first-order valence-electron chi connectivity index (χ1n) is 5.65. The fourth-order valence-electron chi connectivity index (χ4n) is 2.81. The lowest BCUT2D eigenvalue weighted by Gasteiger charge is -2.46. The molecular formula is C13H19NO2. The average molecular weight is 221 g/mol. The van der Waals surface area contributed by atoms with Gasteiger partial charge in [0.15, 0.2) is 0 Å². The Bertz CT molecular complexity index is 384. The number of aliphatic hydroxyl groups excluding tert-OH is 1. The maximum atomic E-state index is 9.53. The third kappa shape index (κ3) is 1.60. The summed E-state index contributed by atoms with van der Waals surface area (Å²) in [5.74, 6) is 0.886. The maximum Gasteiger partial charge on any atom is 0.122 e. The molecule has 0 atom stereocenters. The molecule has 3 nitrogen and oxygen atoms in total. The molecule has 88 valence electrons. The highest BCUT2D eigenvalue weighted by molar-refractivity contribution is 5.47. The summed E-state index contributed by atoms with van der Waals surface area (Å²) < 4.78 is 5.41. The Kier molecular flexibility index (Phi) is 2.91. The largest absolute Gasteiger partial charge is 0.496 e. The van der Waals surface area contributed by atoms with E-state index in [1.54, 1.807) is 7.11 Å². The van der Waals surface area contributed by atoms with Crippen LogP contribution in [0.4, 0.5) is 0 Å². The summed E-state index contributed by atoms with van der Waals surface area (Å²) in [4.78, 5) is 0. The van der Waals surface area contributed by atoms with E-state index < -0.39 is 0 Å². The van der Waals surface area contributed by atoms with E-state index >= 15 is 0 Å². The smallest absolute Gasteiger partial charge is 0.122 e. The van der Waals surface area contributed by atoms with Crippen LogP contribution in [0.5, 0.6) is 5.75 Å². The van der Waals surface area contributed by atoms with Crippen LogP contribution < -0.4 is 10.5 Å². The Morgan fingerprint density at radius 2 is 2.19 bits per heavy atom. The summed E-state index contributed by atoms with van der Waals surface area (Å²) in [6, 6.07) is 6.02. The fourth-order valence-corrected chi connectivity index (χ4v) is 2.81. The SMILES string of the molecule is COc1cccc(C)c1C1(CN)CC(O)C1. The van der Waals surface area contributed by atoms with Gasteiger partial charge in [-0.3, -0.25) is 0 Å². The standard InChI is InChI=1S/C13H19NO2/c1-9-4-3-5-11(16-2)12(9)13(8-14)6-10(15)7-13/h3-5,10,15H,6-8,14H2,1-2H3. The van der Waals surface area contributed by atoms with Crippen LogP contribution in [0.25, 0.3) is 0 Å². The molecule has 0 saturated heterocycles. The summed E-state index contributed by atoms with van der Waals surface area (Å²) in [5.41, 5.74) is 8.16. The first-order valence-corrected chi connectivity index (χ1v) is 5.65. The number of aryl methyl sites for hydroxylation is 1. The number of hydrogen-bond donors (Lipinski definition) is 2. The molecule has 1 aliphatic rings. The summed E-state index contributed by atoms with van der Waals surface area (Å²) in [5, 5.41) is 9.53. The van der Waals surface area contributed by atoms with E-state index in [0.29, 0.717) is 6.54 Å². The minimum Gasteiger partial charge on any atom is -0.496 e. The topological polar surface area (TPSA) is 55.5 Å². The second-order valence-electron chi connectivity index (χ2n) is 4.70. The summed E-state index contributed by atoms with van der Waals surface area (Å²) >= 11 is 0. The van der Waals surface area contributed by atoms with Gasteiger partial charge in [-0.2, -0.15) is 0 Å². The molecule has 0 amide bonds. The summed E-state index contributed by atoms with van der Waals surface area (Å²) in [7, 11) is 1.68. The van der Waals surface area contributed by atoms with Gasteiger partial charge in [-0.05, 0) is 31.4 Å². The Hall–Kier alpha value is -1.06. The predicted octanol–water partition coefficient (Wildman–Crippen LogP) is 1.35. The van der Waals surface area contributed by atoms with Crippen molar-refractivity contribution in [2.45, 2.75) is 31.3 Å². The molecule has 1 saturated carbocycles. The van der Waals surface area contributed by atoms with Crippen molar-refractivity contribution < 1.29 is 9.84 Å². The Morgan fingerprint density at radius 1 is 1.50 bits per heavy atom. The zero-order valence-corrected chi connectivity index (χ0v) is 9.86. The lowest BCUT2D eigenvalue weighted by Crippen LogP contribution is -2.50. The van der Waals surface area contributed by atoms with Crippen LogP contribution in [0.3, 0.4) is 0 Å². The number of rotatable bonds is 3. The van der Waals surface area contributed by atoms with Crippen LogP contribution in [0.2, 0.25) is 0 Å². The highest BCUT2D eigenvalue weighted by atomic mass is 16.5. The molecule has 3 heteroatoms. The average Bonchev–Trinajstić information content (AvgIpc) is 2.24. The van der Waals surface area contributed by atoms with Crippen molar-refractivity contribution in [2.24, 2.45) is 5.73 Å². The summed E-state index contributed by atoms with van der Waals surface area (Å²) in [6.07, 6.45) is 1.27. The van der Waals surface area contributed by atoms with Crippen LogP contribution in [0, 0.1) is 6.92 Å². The zero-order valence-electron chi connectivity index (χ0n) is 9.86. The fraction of sp³-hybridized carbons (Fsp3) is 0.538. The monoisotopic (exact) mass is 221 g/mol. The first kappa shape index (κ1) is 11.4. The van der Waals surface area contributed by atoms with Crippen molar-refractivity contribution in [3.8, 4) is 5.75 Å². The normalized spacial score (nSPS) is 28.6. The Balaban J connectivity index is 2.46. The van der Waals surface area contributed by atoms with Gasteiger partial charge in [0, 0.05) is 17.5 Å². The highest BCUT2D eigenvalue weighted by Crippen LogP contribution is 2.47. The van der Waals surface area contributed by atoms with Gasteiger partial charge in [0.2, 0.25) is 0 Å². The molecule has 1 aliphatic carbocycles. The van der Waals surface area contributed by atoms with Crippen LogP contribution in [-0.2, 0) is 5.41 Å². The van der Waals surface area contributed by atoms with Crippen molar-refractivity contribution in [1.29, 1.82) is 0 Å². The second kappa shape index (κ2) is 4.07. The van der Waals surface area contributed by atoms with Crippen LogP contribution in [-0.4, -0.2) is 24.9 Å². The van der Waals surface area contributed by atoms with Gasteiger partial charge in [0.05, 0.1) is 13.2 Å². The van der Waals surface area contributed by atoms with E-state index in [0.717, 1.165) is 18.6 Å². The molecule has 0 aromatic heterocycles. The molecule has 16 heavy (non-hydrogen) atoms. The van der Waals surface area contributed by atoms with E-state index in [1.807, 2.05) is 12.1 Å². The van der Waals surface area contributed by atoms with E-state index in [4.69, 9.17) is 10.5 Å². The minimum absolute atomic E-state index is 0.0872. The van der Waals surface area contributed by atoms with Crippen LogP contribution in [0.1, 0.15) is 24.0 Å². The molecule has 0 aliphatic heterocycles. The van der Waals surface area contributed by atoms with Crippen molar-refractivity contribution in [3.63, 3.8) is 0 Å². The third-order valence-electron chi connectivity index (χ3n) is 3.63. The van der Waals surface area contributed by atoms with Crippen molar-refractivity contribution in [2.75, 3.05) is 13.7 Å². The minimum atomic E-state index is -0.215. The number of ether oxygens (including phenoxy) is 1. The molecule has 3 N–H and O–H groups in total. The number of aliphatic hydroxyl groups is 1. The first-order chi connectivity index (χ1) is 7.63. The van der Waals surface area contributed by atoms with Crippen molar-refractivity contribution in [1.82, 2.24) is 0 Å².